The largest absolute Gasteiger partial charge is 0.467 e. The van der Waals surface area contributed by atoms with Gasteiger partial charge in [-0.2, -0.15) is 0 Å². The van der Waals surface area contributed by atoms with Gasteiger partial charge in [-0.3, -0.25) is 4.79 Å². The summed E-state index contributed by atoms with van der Waals surface area (Å²) in [6.45, 7) is 3.15. The Balaban J connectivity index is 1.39. The number of carbonyl (C=O) groups excluding carboxylic acids is 1. The summed E-state index contributed by atoms with van der Waals surface area (Å²) >= 11 is 2.84. The maximum absolute atomic E-state index is 12.9. The zero-order valence-corrected chi connectivity index (χ0v) is 17.5. The fourth-order valence-electron chi connectivity index (χ4n) is 3.04. The number of hydrogen-bond donors (Lipinski definition) is 1. The van der Waals surface area contributed by atoms with Gasteiger partial charge in [0.2, 0.25) is 11.0 Å². The third-order valence-electron chi connectivity index (χ3n) is 4.39. The van der Waals surface area contributed by atoms with Crippen LogP contribution in [0.25, 0.3) is 10.8 Å². The Morgan fingerprint density at radius 3 is 2.83 bits per heavy atom. The molecule has 0 fully saturated rings. The normalized spacial score (nSPS) is 10.9. The summed E-state index contributed by atoms with van der Waals surface area (Å²) in [4.78, 5) is 14.7. The maximum Gasteiger partial charge on any atom is 0.237 e. The van der Waals surface area contributed by atoms with Gasteiger partial charge < -0.3 is 14.6 Å². The molecule has 0 aliphatic heterocycles. The molecule has 4 aromatic rings. The van der Waals surface area contributed by atoms with E-state index >= 15 is 0 Å². The van der Waals surface area contributed by atoms with Crippen LogP contribution in [0, 0.1) is 0 Å². The number of carbonyl (C=O) groups is 1. The van der Waals surface area contributed by atoms with Crippen molar-refractivity contribution in [3.63, 3.8) is 0 Å². The lowest BCUT2D eigenvalue weighted by Gasteiger charge is -2.22. The molecule has 29 heavy (non-hydrogen) atoms. The summed E-state index contributed by atoms with van der Waals surface area (Å²) < 4.78 is 6.05. The van der Waals surface area contributed by atoms with Gasteiger partial charge in [0.1, 0.15) is 5.76 Å². The van der Waals surface area contributed by atoms with Gasteiger partial charge in [-0.15, -0.1) is 10.2 Å². The van der Waals surface area contributed by atoms with Crippen molar-refractivity contribution in [2.24, 2.45) is 0 Å². The molecule has 0 radical (unpaired) electrons. The number of nitrogens with one attached hydrogen (secondary N) is 1. The molecule has 0 aliphatic carbocycles. The highest BCUT2D eigenvalue weighted by Gasteiger charge is 2.17. The van der Waals surface area contributed by atoms with Gasteiger partial charge in [-0.25, -0.2) is 0 Å². The van der Waals surface area contributed by atoms with Gasteiger partial charge in [0.25, 0.3) is 0 Å². The summed E-state index contributed by atoms with van der Waals surface area (Å²) in [7, 11) is 0. The van der Waals surface area contributed by atoms with Crippen molar-refractivity contribution in [2.45, 2.75) is 17.8 Å². The number of aromatic nitrogens is 2. The lowest BCUT2D eigenvalue weighted by molar-refractivity contribution is -0.116. The van der Waals surface area contributed by atoms with Gasteiger partial charge in [0.05, 0.1) is 24.2 Å². The Morgan fingerprint density at radius 2 is 2.00 bits per heavy atom. The third-order valence-corrected chi connectivity index (χ3v) is 6.39. The number of rotatable bonds is 8. The first-order valence-corrected chi connectivity index (χ1v) is 11.1. The quantitative estimate of drug-likeness (QED) is 0.400. The Hall–Kier alpha value is -2.84. The Bertz CT molecular complexity index is 1090. The van der Waals surface area contributed by atoms with Crippen molar-refractivity contribution >= 4 is 50.6 Å². The minimum atomic E-state index is 0.0501. The minimum Gasteiger partial charge on any atom is -0.467 e. The van der Waals surface area contributed by atoms with E-state index in [9.17, 15) is 4.79 Å². The van der Waals surface area contributed by atoms with Gasteiger partial charge in [-0.05, 0) is 30.5 Å². The Kier molecular flexibility index (Phi) is 6.12. The number of hydrogen-bond acceptors (Lipinski definition) is 7. The number of thioether (sulfide) groups is 1. The second-order valence-corrected chi connectivity index (χ2v) is 8.43. The van der Waals surface area contributed by atoms with Crippen LogP contribution >= 0.6 is 23.1 Å². The van der Waals surface area contributed by atoms with Crippen LogP contribution in [0.2, 0.25) is 0 Å². The molecule has 0 aliphatic rings. The average molecular weight is 425 g/mol. The first kappa shape index (κ1) is 19.5. The molecule has 0 atom stereocenters. The molecule has 0 unspecified atom stereocenters. The van der Waals surface area contributed by atoms with Gasteiger partial charge in [0, 0.05) is 11.9 Å². The smallest absolute Gasteiger partial charge is 0.237 e. The first-order chi connectivity index (χ1) is 14.2. The van der Waals surface area contributed by atoms with E-state index in [0.29, 0.717) is 24.0 Å². The van der Waals surface area contributed by atoms with E-state index in [4.69, 9.17) is 4.42 Å². The molecule has 1 N–H and O–H groups in total. The summed E-state index contributed by atoms with van der Waals surface area (Å²) in [5, 5.41) is 14.4. The number of anilines is 2. The van der Waals surface area contributed by atoms with Crippen LogP contribution in [0.15, 0.2) is 69.6 Å². The van der Waals surface area contributed by atoms with Crippen LogP contribution in [0.3, 0.4) is 0 Å². The average Bonchev–Trinajstić information content (AvgIpc) is 3.43. The van der Waals surface area contributed by atoms with E-state index in [1.54, 1.807) is 6.26 Å². The van der Waals surface area contributed by atoms with E-state index < -0.39 is 0 Å². The highest BCUT2D eigenvalue weighted by atomic mass is 32.2. The van der Waals surface area contributed by atoms with Crippen LogP contribution in [0.4, 0.5) is 10.8 Å². The molecule has 0 bridgehead atoms. The van der Waals surface area contributed by atoms with Crippen LogP contribution in [0.1, 0.15) is 12.7 Å². The zero-order chi connectivity index (χ0) is 20.1. The number of fused-ring (bicyclic) bond motifs is 1. The molecule has 8 heteroatoms. The van der Waals surface area contributed by atoms with E-state index in [1.165, 1.54) is 23.1 Å². The van der Waals surface area contributed by atoms with E-state index in [2.05, 4.69) is 33.7 Å². The molecule has 2 aromatic carbocycles. The van der Waals surface area contributed by atoms with Crippen molar-refractivity contribution < 1.29 is 9.21 Å². The van der Waals surface area contributed by atoms with Crippen LogP contribution in [-0.4, -0.2) is 28.4 Å². The SMILES string of the molecule is CCN(C(=O)CSc1nnc(NCc2ccco2)s1)c1cccc2ccccc12. The van der Waals surface area contributed by atoms with E-state index in [-0.39, 0.29) is 5.91 Å². The number of benzene rings is 2. The van der Waals surface area contributed by atoms with Crippen LogP contribution in [-0.2, 0) is 11.3 Å². The molecule has 2 heterocycles. The number of amides is 1. The second kappa shape index (κ2) is 9.11. The lowest BCUT2D eigenvalue weighted by Crippen LogP contribution is -2.32. The molecule has 0 saturated heterocycles. The molecule has 6 nitrogen and oxygen atoms in total. The zero-order valence-electron chi connectivity index (χ0n) is 15.9. The maximum atomic E-state index is 12.9. The number of nitrogens with zero attached hydrogens (tertiary/aromatic N) is 3. The molecule has 0 saturated carbocycles. The predicted octanol–water partition coefficient (Wildman–Crippen LogP) is 5.04. The summed E-state index contributed by atoms with van der Waals surface area (Å²) in [5.41, 5.74) is 0.939. The summed E-state index contributed by atoms with van der Waals surface area (Å²) in [6.07, 6.45) is 1.64. The molecule has 2 aromatic heterocycles. The molecule has 4 rings (SSSR count). The van der Waals surface area contributed by atoms with Crippen molar-refractivity contribution in [2.75, 3.05) is 22.5 Å². The van der Waals surface area contributed by atoms with Crippen molar-refractivity contribution in [1.29, 1.82) is 0 Å². The highest BCUT2D eigenvalue weighted by molar-refractivity contribution is 8.01. The van der Waals surface area contributed by atoms with Crippen LogP contribution in [0.5, 0.6) is 0 Å². The van der Waals surface area contributed by atoms with E-state index in [1.807, 2.05) is 48.2 Å². The van der Waals surface area contributed by atoms with Crippen LogP contribution < -0.4 is 10.2 Å². The topological polar surface area (TPSA) is 71.3 Å². The Labute approximate surface area is 176 Å². The Morgan fingerprint density at radius 1 is 1.14 bits per heavy atom. The molecular formula is C21H20N4O2S2. The van der Waals surface area contributed by atoms with E-state index in [0.717, 1.165) is 26.6 Å². The standard InChI is InChI=1S/C21H20N4O2S2/c1-2-25(18-11-5-8-15-7-3-4-10-17(15)18)19(26)14-28-21-24-23-20(29-21)22-13-16-9-6-12-27-16/h3-12H,2,13-14H2,1H3,(H,22,23). The van der Waals surface area contributed by atoms with Crippen molar-refractivity contribution in [3.05, 3.63) is 66.6 Å². The fraction of sp³-hybridized carbons (Fsp3) is 0.190. The third kappa shape index (κ3) is 4.60. The summed E-state index contributed by atoms with van der Waals surface area (Å²) in [6, 6.07) is 17.9. The molecule has 1 amide bonds. The predicted molar refractivity (Wildman–Crippen MR) is 119 cm³/mol. The van der Waals surface area contributed by atoms with Gasteiger partial charge >= 0.3 is 0 Å². The minimum absolute atomic E-state index is 0.0501. The molecule has 0 spiro atoms. The second-order valence-electron chi connectivity index (χ2n) is 6.23. The first-order valence-electron chi connectivity index (χ1n) is 9.25. The van der Waals surface area contributed by atoms with Crippen molar-refractivity contribution in [3.8, 4) is 0 Å². The fourth-order valence-corrected chi connectivity index (χ4v) is 4.67. The van der Waals surface area contributed by atoms with Crippen molar-refractivity contribution in [1.82, 2.24) is 10.2 Å². The van der Waals surface area contributed by atoms with Gasteiger partial charge in [-0.1, -0.05) is 59.5 Å². The highest BCUT2D eigenvalue weighted by Crippen LogP contribution is 2.29. The monoisotopic (exact) mass is 424 g/mol. The lowest BCUT2D eigenvalue weighted by atomic mass is 10.1. The number of furan rings is 1. The molecular weight excluding hydrogens is 404 g/mol. The molecule has 148 valence electrons. The van der Waals surface area contributed by atoms with Gasteiger partial charge in [0.15, 0.2) is 4.34 Å². The summed E-state index contributed by atoms with van der Waals surface area (Å²) in [5.74, 6) is 1.19.